The highest BCUT2D eigenvalue weighted by atomic mass is 14.8. The van der Waals surface area contributed by atoms with Gasteiger partial charge in [-0.15, -0.1) is 0 Å². The van der Waals surface area contributed by atoms with E-state index in [1.807, 2.05) is 0 Å². The molecule has 0 heterocycles. The van der Waals surface area contributed by atoms with Crippen LogP contribution in [0.1, 0.15) is 33.6 Å². The topological polar surface area (TPSA) is 26.0 Å². The maximum absolute atomic E-state index is 5.83. The van der Waals surface area contributed by atoms with Crippen molar-refractivity contribution in [1.82, 2.24) is 0 Å². The van der Waals surface area contributed by atoms with Gasteiger partial charge in [-0.3, -0.25) is 0 Å². The molecule has 0 radical (unpaired) electrons. The molecule has 1 aliphatic rings. The Labute approximate surface area is 57.6 Å². The predicted molar refractivity (Wildman–Crippen MR) is 40.2 cm³/mol. The second kappa shape index (κ2) is 1.98. The molecular formula is C8H17N. The summed E-state index contributed by atoms with van der Waals surface area (Å²) in [5.41, 5.74) is 6.28. The Bertz CT molecular complexity index is 107. The summed E-state index contributed by atoms with van der Waals surface area (Å²) in [6, 6.07) is 0.484. The van der Waals surface area contributed by atoms with Crippen molar-refractivity contribution in [1.29, 1.82) is 0 Å². The first-order valence-corrected chi connectivity index (χ1v) is 3.86. The SMILES string of the molecule is CCC[C@@H]1[C@@H](N)C1(C)C. The standard InChI is InChI=1S/C8H17N/c1-4-5-6-7(9)8(6,2)3/h6-7H,4-5,9H2,1-3H3/t6-,7-/m1/s1. The van der Waals surface area contributed by atoms with Gasteiger partial charge in [0.25, 0.3) is 0 Å². The lowest BCUT2D eigenvalue weighted by Crippen LogP contribution is -2.06. The van der Waals surface area contributed by atoms with Crippen molar-refractivity contribution < 1.29 is 0 Å². The molecule has 0 aliphatic heterocycles. The largest absolute Gasteiger partial charge is 0.327 e. The van der Waals surface area contributed by atoms with Gasteiger partial charge in [0.1, 0.15) is 0 Å². The van der Waals surface area contributed by atoms with E-state index in [0.29, 0.717) is 11.5 Å². The van der Waals surface area contributed by atoms with Gasteiger partial charge in [0.15, 0.2) is 0 Å². The Morgan fingerprint density at radius 2 is 1.89 bits per heavy atom. The van der Waals surface area contributed by atoms with Crippen LogP contribution in [0.25, 0.3) is 0 Å². The first-order chi connectivity index (χ1) is 4.10. The highest BCUT2D eigenvalue weighted by Gasteiger charge is 2.54. The summed E-state index contributed by atoms with van der Waals surface area (Å²) < 4.78 is 0. The van der Waals surface area contributed by atoms with Crippen LogP contribution in [0.15, 0.2) is 0 Å². The third kappa shape index (κ3) is 0.983. The van der Waals surface area contributed by atoms with Gasteiger partial charge in [0.2, 0.25) is 0 Å². The Morgan fingerprint density at radius 3 is 2.00 bits per heavy atom. The van der Waals surface area contributed by atoms with E-state index in [1.165, 1.54) is 12.8 Å². The molecule has 1 aliphatic carbocycles. The third-order valence-corrected chi connectivity index (χ3v) is 2.74. The fraction of sp³-hybridized carbons (Fsp3) is 1.00. The monoisotopic (exact) mass is 127 g/mol. The van der Waals surface area contributed by atoms with Gasteiger partial charge < -0.3 is 5.73 Å². The molecule has 0 aromatic rings. The molecule has 0 spiro atoms. The normalized spacial score (nSPS) is 38.7. The van der Waals surface area contributed by atoms with Gasteiger partial charge in [-0.1, -0.05) is 27.2 Å². The lowest BCUT2D eigenvalue weighted by atomic mass is 10.1. The van der Waals surface area contributed by atoms with Crippen molar-refractivity contribution in [3.63, 3.8) is 0 Å². The zero-order valence-corrected chi connectivity index (χ0v) is 6.65. The molecule has 2 atom stereocenters. The van der Waals surface area contributed by atoms with Crippen LogP contribution in [0, 0.1) is 11.3 Å². The minimum atomic E-state index is 0.454. The van der Waals surface area contributed by atoms with Gasteiger partial charge in [0, 0.05) is 6.04 Å². The molecule has 0 bridgehead atoms. The number of hydrogen-bond donors (Lipinski definition) is 1. The summed E-state index contributed by atoms with van der Waals surface area (Å²) in [6.45, 7) is 6.75. The molecule has 0 aromatic heterocycles. The van der Waals surface area contributed by atoms with E-state index in [4.69, 9.17) is 5.73 Å². The minimum absolute atomic E-state index is 0.454. The van der Waals surface area contributed by atoms with E-state index in [9.17, 15) is 0 Å². The molecule has 54 valence electrons. The zero-order valence-electron chi connectivity index (χ0n) is 6.65. The van der Waals surface area contributed by atoms with Crippen LogP contribution in [0.4, 0.5) is 0 Å². The van der Waals surface area contributed by atoms with E-state index in [1.54, 1.807) is 0 Å². The van der Waals surface area contributed by atoms with E-state index < -0.39 is 0 Å². The lowest BCUT2D eigenvalue weighted by Gasteiger charge is -1.97. The maximum atomic E-state index is 5.83. The summed E-state index contributed by atoms with van der Waals surface area (Å²) >= 11 is 0. The summed E-state index contributed by atoms with van der Waals surface area (Å²) in [5.74, 6) is 0.808. The molecule has 0 aromatic carbocycles. The molecule has 0 saturated heterocycles. The van der Waals surface area contributed by atoms with Gasteiger partial charge in [-0.25, -0.2) is 0 Å². The Kier molecular flexibility index (Phi) is 1.55. The van der Waals surface area contributed by atoms with Crippen LogP contribution in [-0.4, -0.2) is 6.04 Å². The van der Waals surface area contributed by atoms with Crippen molar-refractivity contribution in [2.45, 2.75) is 39.7 Å². The third-order valence-electron chi connectivity index (χ3n) is 2.74. The van der Waals surface area contributed by atoms with Gasteiger partial charge in [0.05, 0.1) is 0 Å². The molecule has 1 fully saturated rings. The van der Waals surface area contributed by atoms with Gasteiger partial charge >= 0.3 is 0 Å². The molecular weight excluding hydrogens is 110 g/mol. The van der Waals surface area contributed by atoms with Crippen LogP contribution >= 0.6 is 0 Å². The highest BCUT2D eigenvalue weighted by Crippen LogP contribution is 2.52. The second-order valence-electron chi connectivity index (χ2n) is 3.74. The first-order valence-electron chi connectivity index (χ1n) is 3.86. The zero-order chi connectivity index (χ0) is 7.07. The van der Waals surface area contributed by atoms with E-state index in [2.05, 4.69) is 20.8 Å². The quantitative estimate of drug-likeness (QED) is 0.601. The molecule has 9 heavy (non-hydrogen) atoms. The van der Waals surface area contributed by atoms with Crippen molar-refractivity contribution >= 4 is 0 Å². The van der Waals surface area contributed by atoms with E-state index in [0.717, 1.165) is 5.92 Å². The van der Waals surface area contributed by atoms with Crippen LogP contribution in [-0.2, 0) is 0 Å². The molecule has 0 amide bonds. The van der Waals surface area contributed by atoms with Crippen molar-refractivity contribution in [2.24, 2.45) is 17.1 Å². The van der Waals surface area contributed by atoms with Crippen LogP contribution < -0.4 is 5.73 Å². The Balaban J connectivity index is 2.33. The van der Waals surface area contributed by atoms with Crippen molar-refractivity contribution in [3.8, 4) is 0 Å². The molecule has 0 unspecified atom stereocenters. The lowest BCUT2D eigenvalue weighted by molar-refractivity contribution is 0.525. The number of hydrogen-bond acceptors (Lipinski definition) is 1. The van der Waals surface area contributed by atoms with Gasteiger partial charge in [-0.2, -0.15) is 0 Å². The summed E-state index contributed by atoms with van der Waals surface area (Å²) in [7, 11) is 0. The highest BCUT2D eigenvalue weighted by molar-refractivity contribution is 5.08. The Morgan fingerprint density at radius 1 is 1.44 bits per heavy atom. The fourth-order valence-electron chi connectivity index (χ4n) is 1.65. The van der Waals surface area contributed by atoms with E-state index in [-0.39, 0.29) is 0 Å². The summed E-state index contributed by atoms with van der Waals surface area (Å²) in [4.78, 5) is 0. The second-order valence-corrected chi connectivity index (χ2v) is 3.74. The maximum Gasteiger partial charge on any atom is 0.0128 e. The average molecular weight is 127 g/mol. The van der Waals surface area contributed by atoms with Crippen LogP contribution in [0.2, 0.25) is 0 Å². The van der Waals surface area contributed by atoms with Crippen LogP contribution in [0.3, 0.4) is 0 Å². The molecule has 1 saturated carbocycles. The van der Waals surface area contributed by atoms with E-state index >= 15 is 0 Å². The average Bonchev–Trinajstić information content (AvgIpc) is 2.19. The first kappa shape index (κ1) is 7.07. The predicted octanol–water partition coefficient (Wildman–Crippen LogP) is 1.77. The Hall–Kier alpha value is -0.0400. The molecule has 1 heteroatoms. The summed E-state index contributed by atoms with van der Waals surface area (Å²) in [5, 5.41) is 0. The number of nitrogens with two attached hydrogens (primary N) is 1. The molecule has 1 nitrogen and oxygen atoms in total. The van der Waals surface area contributed by atoms with Crippen LogP contribution in [0.5, 0.6) is 0 Å². The number of rotatable bonds is 2. The minimum Gasteiger partial charge on any atom is -0.327 e. The van der Waals surface area contributed by atoms with Crippen molar-refractivity contribution in [2.75, 3.05) is 0 Å². The molecule has 2 N–H and O–H groups in total. The smallest absolute Gasteiger partial charge is 0.0128 e. The fourth-order valence-corrected chi connectivity index (χ4v) is 1.65. The summed E-state index contributed by atoms with van der Waals surface area (Å²) in [6.07, 6.45) is 2.59. The molecule has 1 rings (SSSR count). The van der Waals surface area contributed by atoms with Crippen molar-refractivity contribution in [3.05, 3.63) is 0 Å². The van der Waals surface area contributed by atoms with Gasteiger partial charge in [-0.05, 0) is 17.8 Å².